The Hall–Kier alpha value is -2.67. The average molecular weight is 515 g/mol. The van der Waals surface area contributed by atoms with Gasteiger partial charge in [0.1, 0.15) is 0 Å². The summed E-state index contributed by atoms with van der Waals surface area (Å²) in [4.78, 5) is 30.6. The highest BCUT2D eigenvalue weighted by Gasteiger charge is 2.32. The third-order valence-corrected chi connectivity index (χ3v) is 8.01. The molecule has 1 atom stereocenters. The summed E-state index contributed by atoms with van der Waals surface area (Å²) in [6.07, 6.45) is 0.307. The van der Waals surface area contributed by atoms with Gasteiger partial charge in [0.25, 0.3) is 5.91 Å². The minimum Gasteiger partial charge on any atom is -0.339 e. The summed E-state index contributed by atoms with van der Waals surface area (Å²) in [6, 6.07) is 12.3. The fraction of sp³-hybridized carbons (Fsp3) is 0.533. The number of benzene rings is 2. The molecule has 0 radical (unpaired) electrons. The van der Waals surface area contributed by atoms with Crippen LogP contribution in [0.2, 0.25) is 0 Å². The third-order valence-electron chi connectivity index (χ3n) is 8.01. The minimum atomic E-state index is -4.39. The molecule has 2 fully saturated rings. The molecule has 2 aliphatic heterocycles. The Bertz CT molecular complexity index is 1090. The highest BCUT2D eigenvalue weighted by Crippen LogP contribution is 2.33. The van der Waals surface area contributed by atoms with E-state index in [4.69, 9.17) is 0 Å². The van der Waals surface area contributed by atoms with Crippen molar-refractivity contribution >= 4 is 11.7 Å². The van der Waals surface area contributed by atoms with Crippen LogP contribution in [0.5, 0.6) is 0 Å². The number of carbonyl (C=O) groups is 2. The lowest BCUT2D eigenvalue weighted by atomic mass is 9.79. The summed E-state index contributed by atoms with van der Waals surface area (Å²) in [5.74, 6) is 0.630. The quantitative estimate of drug-likeness (QED) is 0.408. The summed E-state index contributed by atoms with van der Waals surface area (Å²) < 4.78 is 38.6. The van der Waals surface area contributed by atoms with Gasteiger partial charge in [0.15, 0.2) is 5.78 Å². The predicted octanol–water partition coefficient (Wildman–Crippen LogP) is 6.59. The van der Waals surface area contributed by atoms with Gasteiger partial charge in [-0.05, 0) is 73.4 Å². The lowest BCUT2D eigenvalue weighted by Crippen LogP contribution is -2.49. The second kappa shape index (κ2) is 11.0. The van der Waals surface area contributed by atoms with Gasteiger partial charge in [-0.3, -0.25) is 14.5 Å². The van der Waals surface area contributed by atoms with Gasteiger partial charge in [0, 0.05) is 43.2 Å². The third kappa shape index (κ3) is 6.61. The fourth-order valence-corrected chi connectivity index (χ4v) is 5.69. The molecule has 2 aromatic rings. The first-order valence-electron chi connectivity index (χ1n) is 13.3. The molecule has 2 aliphatic rings. The first-order chi connectivity index (χ1) is 17.4. The molecule has 0 aliphatic carbocycles. The van der Waals surface area contributed by atoms with E-state index in [1.54, 1.807) is 24.3 Å². The van der Waals surface area contributed by atoms with Gasteiger partial charge in [-0.2, -0.15) is 13.2 Å². The van der Waals surface area contributed by atoms with E-state index in [9.17, 15) is 22.8 Å². The number of hydrogen-bond acceptors (Lipinski definition) is 3. The van der Waals surface area contributed by atoms with E-state index >= 15 is 0 Å². The number of nitrogens with zero attached hydrogens (tertiary/aromatic N) is 2. The van der Waals surface area contributed by atoms with Crippen molar-refractivity contribution < 1.29 is 22.8 Å². The molecule has 4 nitrogen and oxygen atoms in total. The fourth-order valence-electron chi connectivity index (χ4n) is 5.69. The van der Waals surface area contributed by atoms with E-state index in [-0.39, 0.29) is 18.1 Å². The molecular weight excluding hydrogens is 477 g/mol. The molecule has 2 saturated heterocycles. The van der Waals surface area contributed by atoms with Gasteiger partial charge in [0.2, 0.25) is 0 Å². The molecule has 0 aromatic heterocycles. The van der Waals surface area contributed by atoms with Crippen LogP contribution in [0.3, 0.4) is 0 Å². The molecule has 7 heteroatoms. The Morgan fingerprint density at radius 3 is 1.97 bits per heavy atom. The lowest BCUT2D eigenvalue weighted by Gasteiger charge is -2.41. The highest BCUT2D eigenvalue weighted by atomic mass is 19.4. The average Bonchev–Trinajstić information content (AvgIpc) is 2.88. The molecule has 200 valence electrons. The number of likely N-dealkylation sites (tertiary alicyclic amines) is 2. The van der Waals surface area contributed by atoms with Crippen LogP contribution in [0.15, 0.2) is 48.5 Å². The summed E-state index contributed by atoms with van der Waals surface area (Å²) in [5.41, 5.74) is 0.400. The predicted molar refractivity (Wildman–Crippen MR) is 139 cm³/mol. The van der Waals surface area contributed by atoms with Gasteiger partial charge >= 0.3 is 6.18 Å². The van der Waals surface area contributed by atoms with Crippen molar-refractivity contribution in [3.8, 4) is 0 Å². The monoisotopic (exact) mass is 514 g/mol. The summed E-state index contributed by atoms with van der Waals surface area (Å²) in [7, 11) is 0. The number of alkyl halides is 3. The SMILES string of the molecule is CC1CCCN(C2CCN(C(=O)c3ccc(C(=O)CC(C)(C)c4ccc(C(F)(F)F)cc4)cc3)CC2)C1. The topological polar surface area (TPSA) is 40.6 Å². The minimum absolute atomic E-state index is 0.00505. The normalized spacial score (nSPS) is 20.2. The first-order valence-corrected chi connectivity index (χ1v) is 13.3. The molecule has 4 rings (SSSR count). The number of rotatable bonds is 6. The van der Waals surface area contributed by atoms with Crippen LogP contribution in [0, 0.1) is 5.92 Å². The van der Waals surface area contributed by atoms with Crippen molar-refractivity contribution in [1.82, 2.24) is 9.80 Å². The van der Waals surface area contributed by atoms with E-state index in [0.717, 1.165) is 57.1 Å². The van der Waals surface area contributed by atoms with Crippen molar-refractivity contribution in [1.29, 1.82) is 0 Å². The molecule has 1 unspecified atom stereocenters. The Labute approximate surface area is 217 Å². The van der Waals surface area contributed by atoms with Crippen LogP contribution >= 0.6 is 0 Å². The zero-order valence-corrected chi connectivity index (χ0v) is 22.0. The molecule has 0 saturated carbocycles. The van der Waals surface area contributed by atoms with Crippen molar-refractivity contribution in [2.24, 2.45) is 5.92 Å². The second-order valence-electron chi connectivity index (χ2n) is 11.4. The smallest absolute Gasteiger partial charge is 0.339 e. The molecule has 0 N–H and O–H groups in total. The maximum absolute atomic E-state index is 13.1. The van der Waals surface area contributed by atoms with Gasteiger partial charge in [-0.25, -0.2) is 0 Å². The summed E-state index contributed by atoms with van der Waals surface area (Å²) in [6.45, 7) is 9.82. The Balaban J connectivity index is 1.33. The Morgan fingerprint density at radius 2 is 1.41 bits per heavy atom. The number of Topliss-reactive ketones (excluding diaryl/α,β-unsaturated/α-hetero) is 1. The van der Waals surface area contributed by atoms with Crippen LogP contribution in [-0.4, -0.2) is 53.7 Å². The zero-order valence-electron chi connectivity index (χ0n) is 22.0. The number of amides is 1. The molecule has 1 amide bonds. The van der Waals surface area contributed by atoms with Gasteiger partial charge in [0.05, 0.1) is 5.56 Å². The highest BCUT2D eigenvalue weighted by molar-refractivity contribution is 5.99. The molecule has 2 aromatic carbocycles. The Morgan fingerprint density at radius 1 is 0.838 bits per heavy atom. The van der Waals surface area contributed by atoms with Crippen LogP contribution < -0.4 is 0 Å². The standard InChI is InChI=1S/C30H37F3N2O2/c1-21-5-4-16-35(20-21)26-14-17-34(18-15-26)28(37)23-8-6-22(7-9-23)27(36)19-29(2,3)24-10-12-25(13-11-24)30(31,32)33/h6-13,21,26H,4-5,14-20H2,1-3H3. The second-order valence-corrected chi connectivity index (χ2v) is 11.4. The number of hydrogen-bond donors (Lipinski definition) is 0. The van der Waals surface area contributed by atoms with Crippen LogP contribution in [0.1, 0.15) is 84.7 Å². The maximum atomic E-state index is 13.1. The number of piperidine rings is 2. The molecule has 2 heterocycles. The molecule has 0 bridgehead atoms. The van der Waals surface area contributed by atoms with Crippen LogP contribution in [0.25, 0.3) is 0 Å². The maximum Gasteiger partial charge on any atom is 0.416 e. The molecule has 0 spiro atoms. The number of carbonyl (C=O) groups excluding carboxylic acids is 2. The zero-order chi connectivity index (χ0) is 26.8. The van der Waals surface area contributed by atoms with Gasteiger partial charge < -0.3 is 4.90 Å². The largest absolute Gasteiger partial charge is 0.416 e. The lowest BCUT2D eigenvalue weighted by molar-refractivity contribution is -0.137. The van der Waals surface area contributed by atoms with Gasteiger partial charge in [-0.1, -0.05) is 45.0 Å². The van der Waals surface area contributed by atoms with E-state index < -0.39 is 17.2 Å². The van der Waals surface area contributed by atoms with Crippen LogP contribution in [-0.2, 0) is 11.6 Å². The van der Waals surface area contributed by atoms with E-state index in [1.165, 1.54) is 25.0 Å². The van der Waals surface area contributed by atoms with Crippen molar-refractivity contribution in [2.75, 3.05) is 26.2 Å². The van der Waals surface area contributed by atoms with E-state index in [2.05, 4.69) is 11.8 Å². The van der Waals surface area contributed by atoms with Crippen LogP contribution in [0.4, 0.5) is 13.2 Å². The molecule has 37 heavy (non-hydrogen) atoms. The first kappa shape index (κ1) is 27.4. The number of ketones is 1. The summed E-state index contributed by atoms with van der Waals surface area (Å²) in [5, 5.41) is 0. The van der Waals surface area contributed by atoms with E-state index in [1.807, 2.05) is 18.7 Å². The summed E-state index contributed by atoms with van der Waals surface area (Å²) >= 11 is 0. The Kier molecular flexibility index (Phi) is 8.12. The molecular formula is C30H37F3N2O2. The van der Waals surface area contributed by atoms with Crippen molar-refractivity contribution in [2.45, 2.75) is 70.5 Å². The van der Waals surface area contributed by atoms with E-state index in [0.29, 0.717) is 22.7 Å². The number of halogens is 3. The van der Waals surface area contributed by atoms with Crippen molar-refractivity contribution in [3.63, 3.8) is 0 Å². The van der Waals surface area contributed by atoms with Gasteiger partial charge in [-0.15, -0.1) is 0 Å². The van der Waals surface area contributed by atoms with Crippen molar-refractivity contribution in [3.05, 3.63) is 70.8 Å².